The fourth-order valence-electron chi connectivity index (χ4n) is 3.24. The van der Waals surface area contributed by atoms with Gasteiger partial charge in [0.2, 0.25) is 0 Å². The zero-order valence-corrected chi connectivity index (χ0v) is 14.1. The van der Waals surface area contributed by atoms with Gasteiger partial charge < -0.3 is 9.47 Å². The standard InChI is InChI=1S/C20H19NO4/c1-24-19(22)15-16(20(23)25-2)18(14-11-7-4-8-12-14)21-17(15)13-9-5-3-6-10-13/h3-12,15-17H,1-2H3/t15-,16?,17-/m0/s1. The molecule has 3 atom stereocenters. The summed E-state index contributed by atoms with van der Waals surface area (Å²) in [7, 11) is 2.63. The van der Waals surface area contributed by atoms with Gasteiger partial charge in [0.1, 0.15) is 11.8 Å². The minimum Gasteiger partial charge on any atom is -0.469 e. The van der Waals surface area contributed by atoms with E-state index in [9.17, 15) is 9.59 Å². The molecule has 128 valence electrons. The van der Waals surface area contributed by atoms with Gasteiger partial charge in [0, 0.05) is 0 Å². The number of carbonyl (C=O) groups is 2. The molecule has 0 aliphatic carbocycles. The first kappa shape index (κ1) is 16.9. The fourth-order valence-corrected chi connectivity index (χ4v) is 3.24. The van der Waals surface area contributed by atoms with E-state index < -0.39 is 29.8 Å². The minimum atomic E-state index is -0.801. The lowest BCUT2D eigenvalue weighted by atomic mass is 9.82. The fraction of sp³-hybridized carbons (Fsp3) is 0.250. The Labute approximate surface area is 146 Å². The molecule has 0 amide bonds. The molecular weight excluding hydrogens is 318 g/mol. The van der Waals surface area contributed by atoms with Gasteiger partial charge >= 0.3 is 11.9 Å². The van der Waals surface area contributed by atoms with Crippen LogP contribution in [0.5, 0.6) is 0 Å². The summed E-state index contributed by atoms with van der Waals surface area (Å²) in [5.41, 5.74) is 2.21. The van der Waals surface area contributed by atoms with Gasteiger partial charge in [-0.2, -0.15) is 0 Å². The van der Waals surface area contributed by atoms with Gasteiger partial charge in [-0.15, -0.1) is 0 Å². The number of rotatable bonds is 4. The molecule has 1 aliphatic rings. The third-order valence-electron chi connectivity index (χ3n) is 4.41. The topological polar surface area (TPSA) is 65.0 Å². The molecule has 1 aliphatic heterocycles. The summed E-state index contributed by atoms with van der Waals surface area (Å²) in [6.07, 6.45) is 0. The quantitative estimate of drug-likeness (QED) is 0.805. The first-order chi connectivity index (χ1) is 12.2. The summed E-state index contributed by atoms with van der Waals surface area (Å²) in [5, 5.41) is 0. The summed E-state index contributed by atoms with van der Waals surface area (Å²) in [5.74, 6) is -2.52. The number of methoxy groups -OCH3 is 2. The molecule has 0 radical (unpaired) electrons. The summed E-state index contributed by atoms with van der Waals surface area (Å²) < 4.78 is 9.94. The predicted octanol–water partition coefficient (Wildman–Crippen LogP) is 2.81. The van der Waals surface area contributed by atoms with E-state index in [1.807, 2.05) is 60.7 Å². The molecule has 0 fully saturated rings. The Hall–Kier alpha value is -2.95. The highest BCUT2D eigenvalue weighted by atomic mass is 16.5. The smallest absolute Gasteiger partial charge is 0.315 e. The summed E-state index contributed by atoms with van der Waals surface area (Å²) in [6, 6.07) is 18.3. The summed E-state index contributed by atoms with van der Waals surface area (Å²) in [6.45, 7) is 0. The van der Waals surface area contributed by atoms with Crippen LogP contribution in [0.1, 0.15) is 17.2 Å². The van der Waals surface area contributed by atoms with E-state index in [0.717, 1.165) is 11.1 Å². The van der Waals surface area contributed by atoms with Crippen molar-refractivity contribution in [1.82, 2.24) is 0 Å². The molecule has 1 heterocycles. The van der Waals surface area contributed by atoms with Gasteiger partial charge in [-0.05, 0) is 11.1 Å². The molecule has 0 saturated carbocycles. The maximum Gasteiger partial charge on any atom is 0.315 e. The Morgan fingerprint density at radius 2 is 1.40 bits per heavy atom. The second-order valence-corrected chi connectivity index (χ2v) is 5.79. The van der Waals surface area contributed by atoms with E-state index in [4.69, 9.17) is 14.5 Å². The third-order valence-corrected chi connectivity index (χ3v) is 4.41. The number of nitrogens with zero attached hydrogens (tertiary/aromatic N) is 1. The van der Waals surface area contributed by atoms with Crippen LogP contribution in [0.4, 0.5) is 0 Å². The van der Waals surface area contributed by atoms with Crippen molar-refractivity contribution in [3.8, 4) is 0 Å². The second-order valence-electron chi connectivity index (χ2n) is 5.79. The molecule has 25 heavy (non-hydrogen) atoms. The lowest BCUT2D eigenvalue weighted by Gasteiger charge is -2.21. The molecule has 5 heteroatoms. The van der Waals surface area contributed by atoms with Gasteiger partial charge in [-0.3, -0.25) is 14.6 Å². The molecule has 0 aromatic heterocycles. The highest BCUT2D eigenvalue weighted by Crippen LogP contribution is 2.41. The number of carbonyl (C=O) groups excluding carboxylic acids is 2. The lowest BCUT2D eigenvalue weighted by molar-refractivity contribution is -0.154. The average Bonchev–Trinajstić information content (AvgIpc) is 3.08. The highest BCUT2D eigenvalue weighted by Gasteiger charge is 2.49. The Kier molecular flexibility index (Phi) is 4.93. The molecule has 2 aromatic carbocycles. The van der Waals surface area contributed by atoms with Crippen molar-refractivity contribution in [2.24, 2.45) is 16.8 Å². The number of hydrogen-bond donors (Lipinski definition) is 0. The maximum atomic E-state index is 12.5. The normalized spacial score (nSPS) is 22.2. The number of esters is 2. The average molecular weight is 337 g/mol. The molecule has 5 nitrogen and oxygen atoms in total. The third kappa shape index (κ3) is 3.18. The van der Waals surface area contributed by atoms with Gasteiger partial charge in [-0.25, -0.2) is 0 Å². The predicted molar refractivity (Wildman–Crippen MR) is 93.2 cm³/mol. The van der Waals surface area contributed by atoms with Crippen LogP contribution in [0, 0.1) is 11.8 Å². The van der Waals surface area contributed by atoms with Crippen LogP contribution in [0.15, 0.2) is 65.7 Å². The Morgan fingerprint density at radius 1 is 0.840 bits per heavy atom. The molecular formula is C20H19NO4. The van der Waals surface area contributed by atoms with Crippen molar-refractivity contribution in [1.29, 1.82) is 0 Å². The number of aliphatic imine (C=N–C) groups is 1. The SMILES string of the molecule is COC(=O)C1C(c2ccccc2)=N[C@@H](c2ccccc2)[C@H]1C(=O)OC. The molecule has 0 spiro atoms. The minimum absolute atomic E-state index is 0.473. The van der Waals surface area contributed by atoms with Crippen molar-refractivity contribution in [3.63, 3.8) is 0 Å². The van der Waals surface area contributed by atoms with Crippen LogP contribution >= 0.6 is 0 Å². The van der Waals surface area contributed by atoms with E-state index >= 15 is 0 Å². The van der Waals surface area contributed by atoms with Crippen molar-refractivity contribution >= 4 is 17.7 Å². The monoisotopic (exact) mass is 337 g/mol. The van der Waals surface area contributed by atoms with Gasteiger partial charge in [0.05, 0.1) is 26.0 Å². The van der Waals surface area contributed by atoms with Gasteiger partial charge in [0.15, 0.2) is 0 Å². The molecule has 2 aromatic rings. The molecule has 0 saturated heterocycles. The largest absolute Gasteiger partial charge is 0.469 e. The van der Waals surface area contributed by atoms with E-state index in [1.165, 1.54) is 14.2 Å². The Bertz CT molecular complexity index is 786. The Balaban J connectivity index is 2.14. The highest BCUT2D eigenvalue weighted by molar-refractivity contribution is 6.15. The number of benzene rings is 2. The van der Waals surface area contributed by atoms with Crippen molar-refractivity contribution < 1.29 is 19.1 Å². The van der Waals surface area contributed by atoms with E-state index in [0.29, 0.717) is 5.71 Å². The van der Waals surface area contributed by atoms with Crippen molar-refractivity contribution in [2.75, 3.05) is 14.2 Å². The zero-order chi connectivity index (χ0) is 17.8. The van der Waals surface area contributed by atoms with Gasteiger partial charge in [-0.1, -0.05) is 60.7 Å². The van der Waals surface area contributed by atoms with E-state index in [-0.39, 0.29) is 0 Å². The Morgan fingerprint density at radius 3 is 1.96 bits per heavy atom. The first-order valence-corrected chi connectivity index (χ1v) is 8.01. The summed E-state index contributed by atoms with van der Waals surface area (Å²) in [4.78, 5) is 29.7. The second kappa shape index (κ2) is 7.30. The van der Waals surface area contributed by atoms with Crippen LogP contribution in [-0.2, 0) is 19.1 Å². The van der Waals surface area contributed by atoms with Crippen LogP contribution in [-0.4, -0.2) is 31.9 Å². The van der Waals surface area contributed by atoms with Crippen LogP contribution in [0.25, 0.3) is 0 Å². The van der Waals surface area contributed by atoms with E-state index in [2.05, 4.69) is 0 Å². The maximum absolute atomic E-state index is 12.5. The van der Waals surface area contributed by atoms with Crippen molar-refractivity contribution in [3.05, 3.63) is 71.8 Å². The molecule has 1 unspecified atom stereocenters. The molecule has 3 rings (SSSR count). The first-order valence-electron chi connectivity index (χ1n) is 8.01. The van der Waals surface area contributed by atoms with Gasteiger partial charge in [0.25, 0.3) is 0 Å². The van der Waals surface area contributed by atoms with Crippen LogP contribution in [0.3, 0.4) is 0 Å². The zero-order valence-electron chi connectivity index (χ0n) is 14.1. The molecule has 0 N–H and O–H groups in total. The number of hydrogen-bond acceptors (Lipinski definition) is 5. The van der Waals surface area contributed by atoms with Crippen LogP contribution in [0.2, 0.25) is 0 Å². The molecule has 0 bridgehead atoms. The van der Waals surface area contributed by atoms with Crippen LogP contribution < -0.4 is 0 Å². The number of ether oxygens (including phenoxy) is 2. The van der Waals surface area contributed by atoms with E-state index in [1.54, 1.807) is 0 Å². The summed E-state index contributed by atoms with van der Waals surface area (Å²) >= 11 is 0. The van der Waals surface area contributed by atoms with Crippen molar-refractivity contribution in [2.45, 2.75) is 6.04 Å². The lowest BCUT2D eigenvalue weighted by Crippen LogP contribution is -2.35.